The fraction of sp³-hybridized carbons (Fsp3) is 0.333. The van der Waals surface area contributed by atoms with E-state index >= 15 is 0 Å². The van der Waals surface area contributed by atoms with Crippen molar-refractivity contribution in [2.75, 3.05) is 38.0 Å². The molecule has 0 bridgehead atoms. The van der Waals surface area contributed by atoms with E-state index in [4.69, 9.17) is 4.74 Å². The molecule has 3 aromatic rings. The first-order chi connectivity index (χ1) is 16.0. The number of hydrogen-bond donors (Lipinski definition) is 3. The van der Waals surface area contributed by atoms with Crippen molar-refractivity contribution in [1.29, 1.82) is 0 Å². The van der Waals surface area contributed by atoms with Gasteiger partial charge in [-0.2, -0.15) is 0 Å². The minimum absolute atomic E-state index is 0.139. The number of fused-ring (bicyclic) bond motifs is 1. The molecule has 9 nitrogen and oxygen atoms in total. The molecule has 0 saturated carbocycles. The van der Waals surface area contributed by atoms with Crippen molar-refractivity contribution >= 4 is 28.7 Å². The highest BCUT2D eigenvalue weighted by Gasteiger charge is 2.18. The second-order valence-electron chi connectivity index (χ2n) is 7.85. The van der Waals surface area contributed by atoms with E-state index in [1.165, 1.54) is 0 Å². The predicted molar refractivity (Wildman–Crippen MR) is 127 cm³/mol. The Morgan fingerprint density at radius 3 is 2.70 bits per heavy atom. The Balaban J connectivity index is 1.67. The molecule has 1 fully saturated rings. The summed E-state index contributed by atoms with van der Waals surface area (Å²) in [6.45, 7) is 7.26. The lowest BCUT2D eigenvalue weighted by molar-refractivity contribution is 0.0922. The fourth-order valence-corrected chi connectivity index (χ4v) is 3.86. The lowest BCUT2D eigenvalue weighted by Gasteiger charge is -2.26. The molecule has 3 N–H and O–H groups in total. The maximum Gasteiger partial charge on any atom is 0.410 e. The van der Waals surface area contributed by atoms with Crippen LogP contribution in [0.25, 0.3) is 21.9 Å². The third-order valence-electron chi connectivity index (χ3n) is 5.50. The first-order valence-corrected chi connectivity index (χ1v) is 11.1. The standard InChI is InChI=1S/C24H28N6O3/c1-3-26-23(31)29-22-13-20-19(17-6-7-27-16(2)12-17)5-4-18(21(20)14-28-22)15-33-24(32)30-10-8-25-9-11-30/h4-7,12-14,25H,3,8-11,15H2,1-2H3,(H2,26,28,29,31). The van der Waals surface area contributed by atoms with Gasteiger partial charge in [0.25, 0.3) is 0 Å². The Kier molecular flexibility index (Phi) is 6.99. The van der Waals surface area contributed by atoms with E-state index in [0.29, 0.717) is 25.5 Å². The Bertz CT molecular complexity index is 1160. The highest BCUT2D eigenvalue weighted by Crippen LogP contribution is 2.32. The number of amides is 3. The fourth-order valence-electron chi connectivity index (χ4n) is 3.86. The van der Waals surface area contributed by atoms with Gasteiger partial charge in [-0.25, -0.2) is 14.6 Å². The SMILES string of the molecule is CCNC(=O)Nc1cc2c(-c3ccnc(C)c3)ccc(COC(=O)N3CCNCC3)c2cn1. The van der Waals surface area contributed by atoms with Gasteiger partial charge in [-0.3, -0.25) is 10.3 Å². The van der Waals surface area contributed by atoms with Crippen LogP contribution in [0.15, 0.2) is 42.7 Å². The number of anilines is 1. The number of nitrogens with zero attached hydrogens (tertiary/aromatic N) is 3. The summed E-state index contributed by atoms with van der Waals surface area (Å²) in [7, 11) is 0. The van der Waals surface area contributed by atoms with Crippen molar-refractivity contribution in [3.05, 3.63) is 54.0 Å². The lowest BCUT2D eigenvalue weighted by Crippen LogP contribution is -2.46. The van der Waals surface area contributed by atoms with Crippen LogP contribution < -0.4 is 16.0 Å². The van der Waals surface area contributed by atoms with E-state index in [1.807, 2.05) is 44.2 Å². The van der Waals surface area contributed by atoms with Gasteiger partial charge in [0.15, 0.2) is 0 Å². The molecule has 1 aliphatic heterocycles. The van der Waals surface area contributed by atoms with Crippen LogP contribution in [0, 0.1) is 6.92 Å². The summed E-state index contributed by atoms with van der Waals surface area (Å²) in [6.07, 6.45) is 3.16. The van der Waals surface area contributed by atoms with Crippen molar-refractivity contribution in [3.63, 3.8) is 0 Å². The van der Waals surface area contributed by atoms with Crippen molar-refractivity contribution in [1.82, 2.24) is 25.5 Å². The Morgan fingerprint density at radius 1 is 1.12 bits per heavy atom. The van der Waals surface area contributed by atoms with Crippen LogP contribution in [-0.4, -0.2) is 59.7 Å². The Morgan fingerprint density at radius 2 is 1.94 bits per heavy atom. The van der Waals surface area contributed by atoms with Crippen molar-refractivity contribution in [3.8, 4) is 11.1 Å². The number of rotatable bonds is 5. The van der Waals surface area contributed by atoms with Crippen molar-refractivity contribution in [2.45, 2.75) is 20.5 Å². The summed E-state index contributed by atoms with van der Waals surface area (Å²) in [5.41, 5.74) is 3.74. The summed E-state index contributed by atoms with van der Waals surface area (Å²) < 4.78 is 5.61. The van der Waals surface area contributed by atoms with Gasteiger partial charge in [-0.05, 0) is 54.1 Å². The quantitative estimate of drug-likeness (QED) is 0.553. The number of piperazine rings is 1. The number of benzene rings is 1. The molecule has 1 saturated heterocycles. The zero-order valence-electron chi connectivity index (χ0n) is 18.9. The average Bonchev–Trinajstić information content (AvgIpc) is 2.83. The zero-order chi connectivity index (χ0) is 23.2. The zero-order valence-corrected chi connectivity index (χ0v) is 18.9. The highest BCUT2D eigenvalue weighted by molar-refractivity contribution is 6.00. The molecule has 0 atom stereocenters. The van der Waals surface area contributed by atoms with E-state index in [1.54, 1.807) is 17.3 Å². The molecule has 33 heavy (non-hydrogen) atoms. The first kappa shape index (κ1) is 22.5. The summed E-state index contributed by atoms with van der Waals surface area (Å²) in [4.78, 5) is 34.9. The molecule has 9 heteroatoms. The van der Waals surface area contributed by atoms with Gasteiger partial charge >= 0.3 is 12.1 Å². The van der Waals surface area contributed by atoms with Crippen molar-refractivity contribution < 1.29 is 14.3 Å². The number of nitrogens with one attached hydrogen (secondary N) is 3. The minimum Gasteiger partial charge on any atom is -0.445 e. The highest BCUT2D eigenvalue weighted by atomic mass is 16.6. The number of aryl methyl sites for hydroxylation is 1. The summed E-state index contributed by atoms with van der Waals surface area (Å²) in [5.74, 6) is 0.440. The van der Waals surface area contributed by atoms with Crippen LogP contribution in [0.5, 0.6) is 0 Å². The first-order valence-electron chi connectivity index (χ1n) is 11.1. The molecule has 4 rings (SSSR count). The topological polar surface area (TPSA) is 108 Å². The van der Waals surface area contributed by atoms with Crippen LogP contribution in [0.3, 0.4) is 0 Å². The van der Waals surface area contributed by atoms with E-state index in [2.05, 4.69) is 25.9 Å². The second-order valence-corrected chi connectivity index (χ2v) is 7.85. The summed E-state index contributed by atoms with van der Waals surface area (Å²) >= 11 is 0. The maximum atomic E-state index is 12.5. The maximum absolute atomic E-state index is 12.5. The van der Waals surface area contributed by atoms with Gasteiger partial charge in [0.05, 0.1) is 0 Å². The van der Waals surface area contributed by atoms with Crippen LogP contribution >= 0.6 is 0 Å². The largest absolute Gasteiger partial charge is 0.445 e. The molecular formula is C24H28N6O3. The molecule has 0 radical (unpaired) electrons. The molecule has 172 valence electrons. The molecule has 3 heterocycles. The number of carbonyl (C=O) groups excluding carboxylic acids is 2. The predicted octanol–water partition coefficient (Wildman–Crippen LogP) is 3.29. The number of urea groups is 1. The number of carbonyl (C=O) groups is 2. The molecule has 3 amide bonds. The Labute approximate surface area is 192 Å². The second kappa shape index (κ2) is 10.3. The monoisotopic (exact) mass is 448 g/mol. The van der Waals surface area contributed by atoms with Gasteiger partial charge in [0.1, 0.15) is 12.4 Å². The molecule has 2 aromatic heterocycles. The third-order valence-corrected chi connectivity index (χ3v) is 5.50. The Hall–Kier alpha value is -3.72. The third kappa shape index (κ3) is 5.38. The van der Waals surface area contributed by atoms with E-state index in [0.717, 1.165) is 46.2 Å². The molecule has 0 unspecified atom stereocenters. The summed E-state index contributed by atoms with van der Waals surface area (Å²) in [6, 6.07) is 9.45. The van der Waals surface area contributed by atoms with Gasteiger partial charge in [0.2, 0.25) is 0 Å². The molecular weight excluding hydrogens is 420 g/mol. The van der Waals surface area contributed by atoms with Crippen LogP contribution in [0.4, 0.5) is 15.4 Å². The van der Waals surface area contributed by atoms with Gasteiger partial charge in [-0.1, -0.05) is 12.1 Å². The van der Waals surface area contributed by atoms with Crippen LogP contribution in [0.1, 0.15) is 18.2 Å². The van der Waals surface area contributed by atoms with E-state index in [-0.39, 0.29) is 18.7 Å². The van der Waals surface area contributed by atoms with Gasteiger partial charge < -0.3 is 20.3 Å². The minimum atomic E-state index is -0.319. The number of hydrogen-bond acceptors (Lipinski definition) is 6. The van der Waals surface area contributed by atoms with Crippen molar-refractivity contribution in [2.24, 2.45) is 0 Å². The number of ether oxygens (including phenoxy) is 1. The van der Waals surface area contributed by atoms with Crippen LogP contribution in [-0.2, 0) is 11.3 Å². The average molecular weight is 449 g/mol. The molecule has 0 aliphatic carbocycles. The van der Waals surface area contributed by atoms with Gasteiger partial charge in [0, 0.05) is 56.2 Å². The van der Waals surface area contributed by atoms with Gasteiger partial charge in [-0.15, -0.1) is 0 Å². The van der Waals surface area contributed by atoms with E-state index in [9.17, 15) is 9.59 Å². The lowest BCUT2D eigenvalue weighted by atomic mass is 9.96. The smallest absolute Gasteiger partial charge is 0.410 e. The normalized spacial score (nSPS) is 13.6. The number of pyridine rings is 2. The van der Waals surface area contributed by atoms with E-state index < -0.39 is 0 Å². The van der Waals surface area contributed by atoms with Crippen LogP contribution in [0.2, 0.25) is 0 Å². The number of aromatic nitrogens is 2. The summed E-state index contributed by atoms with van der Waals surface area (Å²) in [5, 5.41) is 10.5. The molecule has 1 aromatic carbocycles. The molecule has 0 spiro atoms. The molecule has 1 aliphatic rings.